The minimum absolute atomic E-state index is 0.0543. The lowest BCUT2D eigenvalue weighted by atomic mass is 9.99. The molecule has 0 aromatic heterocycles. The van der Waals surface area contributed by atoms with Crippen LogP contribution in [0.3, 0.4) is 0 Å². The largest absolute Gasteiger partial charge is 0.508 e. The molecule has 0 bridgehead atoms. The van der Waals surface area contributed by atoms with Gasteiger partial charge in [-0.25, -0.2) is 9.59 Å². The molecule has 0 spiro atoms. The number of ether oxygens (including phenoxy) is 1. The van der Waals surface area contributed by atoms with Gasteiger partial charge in [0.15, 0.2) is 0 Å². The second-order valence-electron chi connectivity index (χ2n) is 4.38. The molecule has 1 atom stereocenters. The average Bonchev–Trinajstić information content (AvgIpc) is 2.37. The highest BCUT2D eigenvalue weighted by Crippen LogP contribution is 2.25. The Hall–Kier alpha value is -2.50. The van der Waals surface area contributed by atoms with Crippen molar-refractivity contribution in [1.82, 2.24) is 10.6 Å². The summed E-state index contributed by atoms with van der Waals surface area (Å²) in [6.45, 7) is 3.66. The zero-order valence-corrected chi connectivity index (χ0v) is 11.3. The number of rotatable bonds is 3. The average molecular weight is 276 g/mol. The van der Waals surface area contributed by atoms with Crippen LogP contribution >= 0.6 is 0 Å². The van der Waals surface area contributed by atoms with E-state index in [2.05, 4.69) is 10.6 Å². The lowest BCUT2D eigenvalue weighted by Gasteiger charge is -2.26. The molecule has 6 nitrogen and oxygen atoms in total. The normalized spacial score (nSPS) is 18.3. The first-order chi connectivity index (χ1) is 9.52. The molecule has 1 unspecified atom stereocenters. The lowest BCUT2D eigenvalue weighted by molar-refractivity contribution is -0.138. The highest BCUT2D eigenvalue weighted by Gasteiger charge is 2.30. The first-order valence-corrected chi connectivity index (χ1v) is 6.31. The predicted octanol–water partition coefficient (Wildman–Crippen LogP) is 1.37. The Balaban J connectivity index is 2.53. The third-order valence-electron chi connectivity index (χ3n) is 2.92. The fourth-order valence-electron chi connectivity index (χ4n) is 2.08. The number of phenolic OH excluding ortho intramolecular Hbond substituents is 1. The van der Waals surface area contributed by atoms with Gasteiger partial charge in [-0.15, -0.1) is 0 Å². The van der Waals surface area contributed by atoms with Crippen molar-refractivity contribution in [1.29, 1.82) is 0 Å². The number of phenols is 1. The van der Waals surface area contributed by atoms with Crippen LogP contribution in [0, 0.1) is 0 Å². The van der Waals surface area contributed by atoms with Crippen molar-refractivity contribution in [3.63, 3.8) is 0 Å². The molecule has 0 saturated carbocycles. The van der Waals surface area contributed by atoms with E-state index in [0.29, 0.717) is 16.8 Å². The second kappa shape index (κ2) is 5.64. The first-order valence-electron chi connectivity index (χ1n) is 6.31. The van der Waals surface area contributed by atoms with Gasteiger partial charge in [0.05, 0.1) is 23.9 Å². The summed E-state index contributed by atoms with van der Waals surface area (Å²) in [6.07, 6.45) is 0. The Labute approximate surface area is 116 Å². The molecule has 0 aliphatic carbocycles. The van der Waals surface area contributed by atoms with E-state index in [1.165, 1.54) is 12.1 Å². The van der Waals surface area contributed by atoms with Crippen LogP contribution in [0.1, 0.15) is 19.4 Å². The van der Waals surface area contributed by atoms with Gasteiger partial charge in [-0.2, -0.15) is 0 Å². The molecule has 20 heavy (non-hydrogen) atoms. The van der Waals surface area contributed by atoms with Crippen molar-refractivity contribution < 1.29 is 19.4 Å². The molecule has 1 heterocycles. The molecule has 1 aliphatic heterocycles. The van der Waals surface area contributed by atoms with Gasteiger partial charge in [-0.1, -0.05) is 12.1 Å². The SMILES string of the molecule is CCOC(=O)C1=C(c2cccc(O)c2)NC(=O)NC1C. The molecular formula is C14H16N2O4. The predicted molar refractivity (Wildman–Crippen MR) is 72.8 cm³/mol. The van der Waals surface area contributed by atoms with E-state index >= 15 is 0 Å². The van der Waals surface area contributed by atoms with Crippen molar-refractivity contribution in [2.45, 2.75) is 19.9 Å². The topological polar surface area (TPSA) is 87.7 Å². The number of amides is 2. The number of hydrogen-bond acceptors (Lipinski definition) is 4. The first kappa shape index (κ1) is 13.9. The van der Waals surface area contributed by atoms with Gasteiger partial charge in [0, 0.05) is 5.56 Å². The highest BCUT2D eigenvalue weighted by molar-refractivity contribution is 6.04. The molecule has 0 fully saturated rings. The van der Waals surface area contributed by atoms with Crippen molar-refractivity contribution >= 4 is 17.7 Å². The Morgan fingerprint density at radius 3 is 2.85 bits per heavy atom. The third kappa shape index (κ3) is 2.74. The summed E-state index contributed by atoms with van der Waals surface area (Å²) in [7, 11) is 0. The van der Waals surface area contributed by atoms with Crippen LogP contribution in [0.5, 0.6) is 5.75 Å². The third-order valence-corrected chi connectivity index (χ3v) is 2.92. The van der Waals surface area contributed by atoms with E-state index in [4.69, 9.17) is 4.74 Å². The number of benzene rings is 1. The van der Waals surface area contributed by atoms with E-state index in [1.54, 1.807) is 26.0 Å². The highest BCUT2D eigenvalue weighted by atomic mass is 16.5. The maximum atomic E-state index is 12.0. The minimum Gasteiger partial charge on any atom is -0.508 e. The summed E-state index contributed by atoms with van der Waals surface area (Å²) in [4.78, 5) is 23.6. The summed E-state index contributed by atoms with van der Waals surface area (Å²) in [5.74, 6) is -0.440. The smallest absolute Gasteiger partial charge is 0.338 e. The molecular weight excluding hydrogens is 260 g/mol. The summed E-state index contributed by atoms with van der Waals surface area (Å²) in [6, 6.07) is 5.46. The summed E-state index contributed by atoms with van der Waals surface area (Å²) < 4.78 is 5.02. The van der Waals surface area contributed by atoms with Gasteiger partial charge in [-0.3, -0.25) is 0 Å². The molecule has 106 valence electrons. The molecule has 3 N–H and O–H groups in total. The van der Waals surface area contributed by atoms with Gasteiger partial charge < -0.3 is 20.5 Å². The van der Waals surface area contributed by atoms with Gasteiger partial charge in [0.25, 0.3) is 0 Å². The molecule has 0 radical (unpaired) electrons. The van der Waals surface area contributed by atoms with Gasteiger partial charge in [0.2, 0.25) is 0 Å². The van der Waals surface area contributed by atoms with Crippen LogP contribution in [0.25, 0.3) is 5.70 Å². The van der Waals surface area contributed by atoms with Crippen LogP contribution in [0.4, 0.5) is 4.79 Å². The van der Waals surface area contributed by atoms with Crippen LogP contribution < -0.4 is 10.6 Å². The number of carbonyl (C=O) groups is 2. The van der Waals surface area contributed by atoms with E-state index in [0.717, 1.165) is 0 Å². The van der Waals surface area contributed by atoms with Crippen LogP contribution in [0.15, 0.2) is 29.8 Å². The van der Waals surface area contributed by atoms with Crippen LogP contribution in [-0.4, -0.2) is 29.8 Å². The fourth-order valence-corrected chi connectivity index (χ4v) is 2.08. The minimum atomic E-state index is -0.495. The molecule has 0 saturated heterocycles. The van der Waals surface area contributed by atoms with Crippen LogP contribution in [0.2, 0.25) is 0 Å². The molecule has 2 amide bonds. The zero-order chi connectivity index (χ0) is 14.7. The molecule has 1 aromatic carbocycles. The molecule has 1 aromatic rings. The number of esters is 1. The maximum Gasteiger partial charge on any atom is 0.338 e. The van der Waals surface area contributed by atoms with E-state index in [9.17, 15) is 14.7 Å². The summed E-state index contributed by atoms with van der Waals surface area (Å²) in [5.41, 5.74) is 1.24. The van der Waals surface area contributed by atoms with Crippen molar-refractivity contribution in [2.24, 2.45) is 0 Å². The summed E-state index contributed by atoms with van der Waals surface area (Å²) >= 11 is 0. The fraction of sp³-hybridized carbons (Fsp3) is 0.286. The number of nitrogens with one attached hydrogen (secondary N) is 2. The number of urea groups is 1. The standard InChI is InChI=1S/C14H16N2O4/c1-3-20-13(18)11-8(2)15-14(19)16-12(11)9-5-4-6-10(17)7-9/h4-8,17H,3H2,1-2H3,(H2,15,16,19). The number of hydrogen-bond donors (Lipinski definition) is 3. The van der Waals surface area contributed by atoms with E-state index < -0.39 is 18.0 Å². The van der Waals surface area contributed by atoms with E-state index in [-0.39, 0.29) is 12.4 Å². The quantitative estimate of drug-likeness (QED) is 0.728. The van der Waals surface area contributed by atoms with E-state index in [1.807, 2.05) is 0 Å². The molecule has 1 aliphatic rings. The summed E-state index contributed by atoms with van der Waals surface area (Å²) in [5, 5.41) is 14.7. The zero-order valence-electron chi connectivity index (χ0n) is 11.3. The Morgan fingerprint density at radius 2 is 2.20 bits per heavy atom. The van der Waals surface area contributed by atoms with Gasteiger partial charge in [-0.05, 0) is 26.0 Å². The van der Waals surface area contributed by atoms with Gasteiger partial charge >= 0.3 is 12.0 Å². The van der Waals surface area contributed by atoms with Crippen molar-refractivity contribution in [3.05, 3.63) is 35.4 Å². The maximum absolute atomic E-state index is 12.0. The monoisotopic (exact) mass is 276 g/mol. The number of carbonyl (C=O) groups excluding carboxylic acids is 2. The second-order valence-corrected chi connectivity index (χ2v) is 4.38. The van der Waals surface area contributed by atoms with Crippen molar-refractivity contribution in [2.75, 3.05) is 6.61 Å². The molecule has 6 heteroatoms. The Bertz CT molecular complexity index is 580. The Morgan fingerprint density at radius 1 is 1.45 bits per heavy atom. The lowest BCUT2D eigenvalue weighted by Crippen LogP contribution is -2.48. The van der Waals surface area contributed by atoms with Crippen LogP contribution in [-0.2, 0) is 9.53 Å². The van der Waals surface area contributed by atoms with Gasteiger partial charge in [0.1, 0.15) is 5.75 Å². The number of aromatic hydroxyl groups is 1. The molecule has 2 rings (SSSR count). The Kier molecular flexibility index (Phi) is 3.93. The van der Waals surface area contributed by atoms with Crippen molar-refractivity contribution in [3.8, 4) is 5.75 Å².